The molecule has 1 N–H and O–H groups in total. The molecule has 1 aliphatic heterocycles. The van der Waals surface area contributed by atoms with E-state index in [1.807, 2.05) is 6.07 Å². The Morgan fingerprint density at radius 2 is 2.35 bits per heavy atom. The van der Waals surface area contributed by atoms with Crippen LogP contribution in [0.2, 0.25) is 5.02 Å². The molecule has 1 amide bonds. The summed E-state index contributed by atoms with van der Waals surface area (Å²) in [5, 5.41) is 18.7. The van der Waals surface area contributed by atoms with E-state index in [2.05, 4.69) is 11.0 Å². The molecule has 1 aliphatic rings. The molecule has 0 spiro atoms. The van der Waals surface area contributed by atoms with Crippen molar-refractivity contribution in [3.05, 3.63) is 29.3 Å². The highest BCUT2D eigenvalue weighted by atomic mass is 35.5. The number of benzene rings is 1. The van der Waals surface area contributed by atoms with Gasteiger partial charge in [-0.25, -0.2) is 0 Å². The Hall–Kier alpha value is -1.61. The van der Waals surface area contributed by atoms with E-state index in [0.29, 0.717) is 23.8 Å². The summed E-state index contributed by atoms with van der Waals surface area (Å²) in [7, 11) is 0. The fraction of sp³-hybridized carbons (Fsp3) is 0.529. The Balaban J connectivity index is 2.06. The van der Waals surface area contributed by atoms with E-state index in [-0.39, 0.29) is 24.9 Å². The van der Waals surface area contributed by atoms with Crippen molar-refractivity contribution in [2.75, 3.05) is 37.7 Å². The molecule has 1 aromatic rings. The SMILES string of the molecule is N#CCCN(C(=O)CN1CCCC(CO)C1)c1cccc(Cl)c1. The number of aliphatic hydroxyl groups excluding tert-OH is 1. The molecule has 6 heteroatoms. The smallest absolute Gasteiger partial charge is 0.241 e. The Kier molecular flexibility index (Phi) is 6.85. The molecule has 0 saturated carbocycles. The number of halogens is 1. The minimum absolute atomic E-state index is 0.0406. The number of carbonyl (C=O) groups excluding carboxylic acids is 1. The van der Waals surface area contributed by atoms with Gasteiger partial charge in [0.15, 0.2) is 0 Å². The maximum atomic E-state index is 12.7. The van der Waals surface area contributed by atoms with Crippen molar-refractivity contribution in [1.29, 1.82) is 5.26 Å². The van der Waals surface area contributed by atoms with Crippen molar-refractivity contribution in [3.63, 3.8) is 0 Å². The second-order valence-corrected chi connectivity index (χ2v) is 6.30. The highest BCUT2D eigenvalue weighted by Crippen LogP contribution is 2.21. The van der Waals surface area contributed by atoms with Gasteiger partial charge in [-0.1, -0.05) is 17.7 Å². The van der Waals surface area contributed by atoms with Crippen LogP contribution in [0.15, 0.2) is 24.3 Å². The van der Waals surface area contributed by atoms with Crippen LogP contribution in [0.1, 0.15) is 19.3 Å². The number of piperidine rings is 1. The summed E-state index contributed by atoms with van der Waals surface area (Å²) in [6, 6.07) is 9.21. The molecule has 124 valence electrons. The average Bonchev–Trinajstić information content (AvgIpc) is 2.55. The fourth-order valence-corrected chi connectivity index (χ4v) is 3.11. The molecule has 0 aliphatic carbocycles. The highest BCUT2D eigenvalue weighted by Gasteiger charge is 2.24. The Morgan fingerprint density at radius 1 is 1.52 bits per heavy atom. The number of aliphatic hydroxyl groups is 1. The predicted octanol–water partition coefficient (Wildman–Crippen LogP) is 2.29. The van der Waals surface area contributed by atoms with Crippen molar-refractivity contribution in [3.8, 4) is 6.07 Å². The third-order valence-electron chi connectivity index (χ3n) is 4.09. The minimum Gasteiger partial charge on any atom is -0.396 e. The van der Waals surface area contributed by atoms with E-state index in [1.54, 1.807) is 23.1 Å². The van der Waals surface area contributed by atoms with Crippen molar-refractivity contribution in [1.82, 2.24) is 4.90 Å². The first-order chi connectivity index (χ1) is 11.1. The zero-order valence-electron chi connectivity index (χ0n) is 13.1. The second kappa shape index (κ2) is 8.88. The fourth-order valence-electron chi connectivity index (χ4n) is 2.92. The molecule has 0 bridgehead atoms. The van der Waals surface area contributed by atoms with Gasteiger partial charge < -0.3 is 10.0 Å². The number of rotatable bonds is 6. The number of nitriles is 1. The number of nitrogens with zero attached hydrogens (tertiary/aromatic N) is 3. The van der Waals surface area contributed by atoms with Gasteiger partial charge in [-0.15, -0.1) is 0 Å². The second-order valence-electron chi connectivity index (χ2n) is 5.86. The highest BCUT2D eigenvalue weighted by molar-refractivity contribution is 6.30. The predicted molar refractivity (Wildman–Crippen MR) is 90.3 cm³/mol. The number of likely N-dealkylation sites (tertiary alicyclic amines) is 1. The maximum absolute atomic E-state index is 12.7. The van der Waals surface area contributed by atoms with Crippen LogP contribution in [-0.4, -0.2) is 48.7 Å². The van der Waals surface area contributed by atoms with Crippen LogP contribution < -0.4 is 4.90 Å². The average molecular weight is 336 g/mol. The first kappa shape index (κ1) is 17.7. The van der Waals surface area contributed by atoms with Crippen molar-refractivity contribution in [2.24, 2.45) is 5.92 Å². The summed E-state index contributed by atoms with van der Waals surface area (Å²) in [5.74, 6) is 0.205. The quantitative estimate of drug-likeness (QED) is 0.866. The topological polar surface area (TPSA) is 67.6 Å². The lowest BCUT2D eigenvalue weighted by atomic mass is 9.99. The van der Waals surface area contributed by atoms with Gasteiger partial charge in [0.2, 0.25) is 5.91 Å². The van der Waals surface area contributed by atoms with Gasteiger partial charge in [-0.3, -0.25) is 9.69 Å². The molecule has 0 radical (unpaired) electrons. The number of amides is 1. The maximum Gasteiger partial charge on any atom is 0.241 e. The standard InChI is InChI=1S/C17H22ClN3O2/c18-15-5-1-6-16(10-15)21(9-3-7-19)17(23)12-20-8-2-4-14(11-20)13-22/h1,5-6,10,14,22H,2-4,8-9,11-13H2. The minimum atomic E-state index is -0.0406. The van der Waals surface area contributed by atoms with Gasteiger partial charge in [-0.05, 0) is 43.5 Å². The summed E-state index contributed by atoms with van der Waals surface area (Å²) in [6.45, 7) is 2.42. The van der Waals surface area contributed by atoms with E-state index in [9.17, 15) is 9.90 Å². The summed E-state index contributed by atoms with van der Waals surface area (Å²) >= 11 is 6.02. The molecule has 5 nitrogen and oxygen atoms in total. The number of carbonyl (C=O) groups is 1. The lowest BCUT2D eigenvalue weighted by Crippen LogP contribution is -2.45. The van der Waals surface area contributed by atoms with Gasteiger partial charge in [0.1, 0.15) is 0 Å². The monoisotopic (exact) mass is 335 g/mol. The molecule has 1 aromatic carbocycles. The number of hydrogen-bond acceptors (Lipinski definition) is 4. The van der Waals surface area contributed by atoms with Crippen LogP contribution in [0.25, 0.3) is 0 Å². The third kappa shape index (κ3) is 5.21. The molecule has 1 unspecified atom stereocenters. The molecule has 1 saturated heterocycles. The zero-order valence-corrected chi connectivity index (χ0v) is 13.9. The largest absolute Gasteiger partial charge is 0.396 e. The molecule has 1 fully saturated rings. The summed E-state index contributed by atoms with van der Waals surface area (Å²) in [4.78, 5) is 16.4. The van der Waals surface area contributed by atoms with Crippen LogP contribution >= 0.6 is 11.6 Å². The normalized spacial score (nSPS) is 18.4. The van der Waals surface area contributed by atoms with Crippen LogP contribution in [0.3, 0.4) is 0 Å². The van der Waals surface area contributed by atoms with Gasteiger partial charge in [0.05, 0.1) is 19.0 Å². The summed E-state index contributed by atoms with van der Waals surface area (Å²) in [6.07, 6.45) is 2.28. The van der Waals surface area contributed by atoms with Crippen molar-refractivity contribution < 1.29 is 9.90 Å². The van der Waals surface area contributed by atoms with Crippen LogP contribution in [0.4, 0.5) is 5.69 Å². The molecule has 0 aromatic heterocycles. The summed E-state index contributed by atoms with van der Waals surface area (Å²) < 4.78 is 0. The number of anilines is 1. The Bertz CT molecular complexity index is 573. The van der Waals surface area contributed by atoms with Gasteiger partial charge in [0.25, 0.3) is 0 Å². The Labute approximate surface area is 142 Å². The third-order valence-corrected chi connectivity index (χ3v) is 4.32. The lowest BCUT2D eigenvalue weighted by molar-refractivity contribution is -0.120. The molecule has 1 heterocycles. The zero-order chi connectivity index (χ0) is 16.7. The first-order valence-corrected chi connectivity index (χ1v) is 8.28. The molecule has 23 heavy (non-hydrogen) atoms. The van der Waals surface area contributed by atoms with Gasteiger partial charge in [0, 0.05) is 30.4 Å². The van der Waals surface area contributed by atoms with E-state index >= 15 is 0 Å². The molecular weight excluding hydrogens is 314 g/mol. The van der Waals surface area contributed by atoms with E-state index in [1.165, 1.54) is 0 Å². The van der Waals surface area contributed by atoms with E-state index in [0.717, 1.165) is 25.9 Å². The molecule has 1 atom stereocenters. The molecule has 2 rings (SSSR count). The van der Waals surface area contributed by atoms with E-state index in [4.69, 9.17) is 16.9 Å². The molecular formula is C17H22ClN3O2. The van der Waals surface area contributed by atoms with Crippen molar-refractivity contribution in [2.45, 2.75) is 19.3 Å². The first-order valence-electron chi connectivity index (χ1n) is 7.90. The van der Waals surface area contributed by atoms with E-state index < -0.39 is 0 Å². The van der Waals surface area contributed by atoms with Gasteiger partial charge >= 0.3 is 0 Å². The number of hydrogen-bond donors (Lipinski definition) is 1. The lowest BCUT2D eigenvalue weighted by Gasteiger charge is -2.33. The van der Waals surface area contributed by atoms with Crippen LogP contribution in [0, 0.1) is 17.2 Å². The van der Waals surface area contributed by atoms with Crippen LogP contribution in [0.5, 0.6) is 0 Å². The summed E-state index contributed by atoms with van der Waals surface area (Å²) in [5.41, 5.74) is 0.716. The van der Waals surface area contributed by atoms with Crippen molar-refractivity contribution >= 4 is 23.2 Å². The Morgan fingerprint density at radius 3 is 3.04 bits per heavy atom. The van der Waals surface area contributed by atoms with Gasteiger partial charge in [-0.2, -0.15) is 5.26 Å². The van der Waals surface area contributed by atoms with Crippen LogP contribution in [-0.2, 0) is 4.79 Å².